The van der Waals surface area contributed by atoms with Gasteiger partial charge in [-0.15, -0.1) is 6.42 Å². The Bertz CT molecular complexity index is 601. The summed E-state index contributed by atoms with van der Waals surface area (Å²) < 4.78 is 27.1. The van der Waals surface area contributed by atoms with Crippen LogP contribution < -0.4 is 10.5 Å². The smallest absolute Gasteiger partial charge is 0.242 e. The van der Waals surface area contributed by atoms with E-state index in [-0.39, 0.29) is 4.90 Å². The highest BCUT2D eigenvalue weighted by atomic mass is 32.2. The molecule has 0 aromatic heterocycles. The molecule has 1 rings (SSSR count). The predicted octanol–water partition coefficient (Wildman–Crippen LogP) is 1.69. The number of anilines is 1. The van der Waals surface area contributed by atoms with E-state index in [2.05, 4.69) is 10.6 Å². The monoisotopic (exact) mass is 280 g/mol. The van der Waals surface area contributed by atoms with Gasteiger partial charge in [-0.1, -0.05) is 19.8 Å². The van der Waals surface area contributed by atoms with Crippen LogP contribution >= 0.6 is 0 Å². The standard InChI is InChI=1S/C14H20N2O2S/c1-5-10(4)16-19(17,18)14-9-11(6-2)8-13(15)12(14)7-3/h1,8-10,16H,6-7,15H2,2-4H3. The molecule has 0 aliphatic heterocycles. The van der Waals surface area contributed by atoms with Crippen molar-refractivity contribution in [3.05, 3.63) is 23.3 Å². The molecular formula is C14H20N2O2S. The van der Waals surface area contributed by atoms with E-state index < -0.39 is 16.1 Å². The molecule has 0 amide bonds. The third-order valence-electron chi connectivity index (χ3n) is 2.94. The molecule has 0 fully saturated rings. The van der Waals surface area contributed by atoms with Crippen LogP contribution in [0.5, 0.6) is 0 Å². The van der Waals surface area contributed by atoms with Gasteiger partial charge in [0.1, 0.15) is 0 Å². The summed E-state index contributed by atoms with van der Waals surface area (Å²) in [7, 11) is -3.64. The van der Waals surface area contributed by atoms with Crippen molar-refractivity contribution in [2.24, 2.45) is 0 Å². The fourth-order valence-corrected chi connectivity index (χ4v) is 3.43. The molecule has 0 saturated carbocycles. The second-order valence-corrected chi connectivity index (χ2v) is 6.06. The van der Waals surface area contributed by atoms with E-state index >= 15 is 0 Å². The Kier molecular flexibility index (Phi) is 4.98. The Morgan fingerprint density at radius 1 is 1.37 bits per heavy atom. The van der Waals surface area contributed by atoms with Gasteiger partial charge in [0.25, 0.3) is 0 Å². The number of rotatable bonds is 5. The molecule has 0 radical (unpaired) electrons. The van der Waals surface area contributed by atoms with Crippen molar-refractivity contribution in [3.63, 3.8) is 0 Å². The average molecular weight is 280 g/mol. The first-order valence-electron chi connectivity index (χ1n) is 6.25. The van der Waals surface area contributed by atoms with Crippen molar-refractivity contribution in [2.45, 2.75) is 44.6 Å². The van der Waals surface area contributed by atoms with Crippen LogP contribution in [-0.4, -0.2) is 14.5 Å². The number of hydrogen-bond acceptors (Lipinski definition) is 3. The van der Waals surface area contributed by atoms with E-state index in [4.69, 9.17) is 12.2 Å². The normalized spacial score (nSPS) is 12.9. The summed E-state index contributed by atoms with van der Waals surface area (Å²) in [5.41, 5.74) is 7.97. The molecule has 0 aliphatic carbocycles. The maximum atomic E-state index is 12.3. The molecular weight excluding hydrogens is 260 g/mol. The fraction of sp³-hybridized carbons (Fsp3) is 0.429. The summed E-state index contributed by atoms with van der Waals surface area (Å²) in [5.74, 6) is 2.35. The molecule has 5 heteroatoms. The van der Waals surface area contributed by atoms with Gasteiger partial charge in [-0.25, -0.2) is 8.42 Å². The van der Waals surface area contributed by atoms with Gasteiger partial charge >= 0.3 is 0 Å². The Labute approximate surface area is 115 Å². The SMILES string of the molecule is C#CC(C)NS(=O)(=O)c1cc(CC)cc(N)c1CC. The quantitative estimate of drug-likeness (QED) is 0.637. The third kappa shape index (κ3) is 3.49. The van der Waals surface area contributed by atoms with Crippen LogP contribution in [0, 0.1) is 12.3 Å². The highest BCUT2D eigenvalue weighted by molar-refractivity contribution is 7.89. The van der Waals surface area contributed by atoms with Gasteiger partial charge in [0.15, 0.2) is 0 Å². The maximum absolute atomic E-state index is 12.3. The van der Waals surface area contributed by atoms with E-state index in [1.165, 1.54) is 0 Å². The summed E-state index contributed by atoms with van der Waals surface area (Å²) in [6.07, 6.45) is 6.49. The first kappa shape index (κ1) is 15.5. The van der Waals surface area contributed by atoms with Gasteiger partial charge in [-0.05, 0) is 43.0 Å². The molecule has 0 spiro atoms. The van der Waals surface area contributed by atoms with E-state index in [9.17, 15) is 8.42 Å². The molecule has 0 aliphatic rings. The van der Waals surface area contributed by atoms with Crippen molar-refractivity contribution in [3.8, 4) is 12.3 Å². The van der Waals surface area contributed by atoms with Gasteiger partial charge in [0.2, 0.25) is 10.0 Å². The summed E-state index contributed by atoms with van der Waals surface area (Å²) in [6, 6.07) is 2.93. The Hall–Kier alpha value is -1.51. The van der Waals surface area contributed by atoms with Crippen molar-refractivity contribution < 1.29 is 8.42 Å². The molecule has 0 bridgehead atoms. The van der Waals surface area contributed by atoms with E-state index in [0.29, 0.717) is 17.7 Å². The van der Waals surface area contributed by atoms with Crippen molar-refractivity contribution >= 4 is 15.7 Å². The van der Waals surface area contributed by atoms with Crippen molar-refractivity contribution in [2.75, 3.05) is 5.73 Å². The van der Waals surface area contributed by atoms with Crippen LogP contribution in [0.4, 0.5) is 5.69 Å². The van der Waals surface area contributed by atoms with Crippen molar-refractivity contribution in [1.29, 1.82) is 0 Å². The minimum atomic E-state index is -3.64. The number of terminal acetylenes is 1. The van der Waals surface area contributed by atoms with Gasteiger partial charge in [-0.3, -0.25) is 0 Å². The Morgan fingerprint density at radius 3 is 2.47 bits per heavy atom. The van der Waals surface area contributed by atoms with Gasteiger partial charge in [0.05, 0.1) is 10.9 Å². The van der Waals surface area contributed by atoms with Crippen LogP contribution in [0.1, 0.15) is 31.9 Å². The first-order chi connectivity index (χ1) is 8.85. The number of nitrogens with two attached hydrogens (primary N) is 1. The van der Waals surface area contributed by atoms with Crippen molar-refractivity contribution in [1.82, 2.24) is 4.72 Å². The van der Waals surface area contributed by atoms with Gasteiger partial charge < -0.3 is 5.73 Å². The topological polar surface area (TPSA) is 72.2 Å². The lowest BCUT2D eigenvalue weighted by Gasteiger charge is -2.15. The lowest BCUT2D eigenvalue weighted by Crippen LogP contribution is -2.32. The molecule has 104 valence electrons. The molecule has 0 saturated heterocycles. The largest absolute Gasteiger partial charge is 0.398 e. The second kappa shape index (κ2) is 6.09. The molecule has 3 N–H and O–H groups in total. The van der Waals surface area contributed by atoms with Crippen LogP contribution in [0.3, 0.4) is 0 Å². The zero-order valence-electron chi connectivity index (χ0n) is 11.5. The molecule has 19 heavy (non-hydrogen) atoms. The summed E-state index contributed by atoms with van der Waals surface area (Å²) >= 11 is 0. The highest BCUT2D eigenvalue weighted by Crippen LogP contribution is 2.25. The minimum absolute atomic E-state index is 0.231. The number of hydrogen-bond donors (Lipinski definition) is 2. The number of benzene rings is 1. The maximum Gasteiger partial charge on any atom is 0.242 e. The average Bonchev–Trinajstić information content (AvgIpc) is 2.36. The zero-order valence-corrected chi connectivity index (χ0v) is 12.3. The first-order valence-corrected chi connectivity index (χ1v) is 7.73. The Balaban J connectivity index is 3.40. The lowest BCUT2D eigenvalue weighted by atomic mass is 10.1. The zero-order chi connectivity index (χ0) is 14.6. The summed E-state index contributed by atoms with van der Waals surface area (Å²) in [5, 5.41) is 0. The Morgan fingerprint density at radius 2 is 2.00 bits per heavy atom. The van der Waals surface area contributed by atoms with Crippen LogP contribution in [0.2, 0.25) is 0 Å². The van der Waals surface area contributed by atoms with Crippen LogP contribution in [0.25, 0.3) is 0 Å². The summed E-state index contributed by atoms with van der Waals surface area (Å²) in [6.45, 7) is 5.45. The predicted molar refractivity (Wildman–Crippen MR) is 78.2 cm³/mol. The number of aryl methyl sites for hydroxylation is 1. The number of sulfonamides is 1. The molecule has 4 nitrogen and oxygen atoms in total. The third-order valence-corrected chi connectivity index (χ3v) is 4.54. The van der Waals surface area contributed by atoms with Gasteiger partial charge in [0, 0.05) is 5.69 Å². The van der Waals surface area contributed by atoms with E-state index in [1.54, 1.807) is 13.0 Å². The molecule has 1 aromatic rings. The van der Waals surface area contributed by atoms with E-state index in [0.717, 1.165) is 12.0 Å². The molecule has 0 heterocycles. The van der Waals surface area contributed by atoms with Crippen LogP contribution in [-0.2, 0) is 22.9 Å². The summed E-state index contributed by atoms with van der Waals surface area (Å²) in [4.78, 5) is 0.231. The fourth-order valence-electron chi connectivity index (χ4n) is 1.88. The second-order valence-electron chi connectivity index (χ2n) is 4.38. The number of nitrogen functional groups attached to an aromatic ring is 1. The number of nitrogens with one attached hydrogen (secondary N) is 1. The van der Waals surface area contributed by atoms with Gasteiger partial charge in [-0.2, -0.15) is 4.72 Å². The van der Waals surface area contributed by atoms with Crippen LogP contribution in [0.15, 0.2) is 17.0 Å². The molecule has 1 aromatic carbocycles. The lowest BCUT2D eigenvalue weighted by molar-refractivity contribution is 0.576. The minimum Gasteiger partial charge on any atom is -0.398 e. The molecule has 1 atom stereocenters. The van der Waals surface area contributed by atoms with E-state index in [1.807, 2.05) is 19.9 Å². The highest BCUT2D eigenvalue weighted by Gasteiger charge is 2.21. The molecule has 1 unspecified atom stereocenters.